The topological polar surface area (TPSA) is 43.1 Å². The molecule has 2 aromatic rings. The molecule has 0 atom stereocenters. The zero-order valence-corrected chi connectivity index (χ0v) is 9.78. The number of ketones is 1. The Hall–Kier alpha value is -2.11. The zero-order valence-electron chi connectivity index (χ0n) is 9.78. The molecule has 1 aromatic carbocycles. The van der Waals surface area contributed by atoms with Crippen LogP contribution < -0.4 is 0 Å². The first kappa shape index (κ1) is 13.3. The highest BCUT2D eigenvalue weighted by Crippen LogP contribution is 2.29. The van der Waals surface area contributed by atoms with Gasteiger partial charge in [0.25, 0.3) is 0 Å². The predicted octanol–water partition coefficient (Wildman–Crippen LogP) is 3.51. The van der Waals surface area contributed by atoms with E-state index in [4.69, 9.17) is 0 Å². The summed E-state index contributed by atoms with van der Waals surface area (Å²) in [4.78, 5) is 11.6. The number of aromatic nitrogens is 1. The van der Waals surface area contributed by atoms with Crippen LogP contribution in [0.5, 0.6) is 0 Å². The molecule has 0 bridgehead atoms. The minimum atomic E-state index is -4.34. The minimum absolute atomic E-state index is 0.178. The highest BCUT2D eigenvalue weighted by Gasteiger charge is 2.29. The van der Waals surface area contributed by atoms with Crippen molar-refractivity contribution in [2.45, 2.75) is 19.0 Å². The van der Waals surface area contributed by atoms with Crippen LogP contribution in [0.15, 0.2) is 41.1 Å². The van der Waals surface area contributed by atoms with Crippen LogP contribution in [-0.2, 0) is 12.6 Å². The van der Waals surface area contributed by atoms with E-state index in [9.17, 15) is 18.0 Å². The summed E-state index contributed by atoms with van der Waals surface area (Å²) in [5.41, 5.74) is 0.204. The van der Waals surface area contributed by atoms with Gasteiger partial charge in [-0.2, -0.15) is 13.2 Å². The Labute approximate surface area is 107 Å². The molecular weight excluding hydrogens is 259 g/mol. The number of nitrogens with zero attached hydrogens (tertiary/aromatic N) is 1. The molecule has 0 aliphatic carbocycles. The number of benzene rings is 1. The molecule has 19 heavy (non-hydrogen) atoms. The lowest BCUT2D eigenvalue weighted by molar-refractivity contribution is -0.137. The van der Waals surface area contributed by atoms with Crippen molar-refractivity contribution >= 4 is 5.78 Å². The van der Waals surface area contributed by atoms with Gasteiger partial charge in [0.2, 0.25) is 0 Å². The van der Waals surface area contributed by atoms with Gasteiger partial charge in [-0.1, -0.05) is 17.3 Å². The molecule has 0 radical (unpaired) electrons. The summed E-state index contributed by atoms with van der Waals surface area (Å²) >= 11 is 0. The predicted molar refractivity (Wildman–Crippen MR) is 60.6 cm³/mol. The van der Waals surface area contributed by atoms with Crippen LogP contribution in [0.2, 0.25) is 0 Å². The number of hydrogen-bond acceptors (Lipinski definition) is 3. The molecule has 100 valence electrons. The van der Waals surface area contributed by atoms with E-state index in [-0.39, 0.29) is 17.9 Å². The van der Waals surface area contributed by atoms with Gasteiger partial charge >= 0.3 is 6.18 Å². The Bertz CT molecular complexity index is 544. The maximum Gasteiger partial charge on any atom is 0.416 e. The molecule has 2 rings (SSSR count). The largest absolute Gasteiger partial charge is 0.416 e. The molecule has 0 saturated heterocycles. The summed E-state index contributed by atoms with van der Waals surface area (Å²) < 4.78 is 41.6. The Morgan fingerprint density at radius 3 is 2.37 bits per heavy atom. The Balaban J connectivity index is 1.95. The molecule has 0 N–H and O–H groups in total. The number of rotatable bonds is 4. The van der Waals surface area contributed by atoms with Crippen molar-refractivity contribution in [1.82, 2.24) is 5.16 Å². The van der Waals surface area contributed by atoms with Crippen LogP contribution in [0.1, 0.15) is 28.0 Å². The lowest BCUT2D eigenvalue weighted by Gasteiger charge is -2.07. The standard InChI is InChI=1S/C13H10F3NO2/c14-13(15,16)10-4-1-9(2-5-10)3-6-12(18)11-7-8-19-17-11/h1-2,4-5,7-8H,3,6H2. The Morgan fingerprint density at radius 1 is 1.16 bits per heavy atom. The Kier molecular flexibility index (Phi) is 3.69. The van der Waals surface area contributed by atoms with Gasteiger partial charge in [-0.05, 0) is 24.1 Å². The quantitative estimate of drug-likeness (QED) is 0.798. The fourth-order valence-electron chi connectivity index (χ4n) is 1.60. The summed E-state index contributed by atoms with van der Waals surface area (Å²) in [5.74, 6) is -0.200. The van der Waals surface area contributed by atoms with Crippen LogP contribution in [0.3, 0.4) is 0 Å². The third-order valence-electron chi connectivity index (χ3n) is 2.65. The molecule has 0 amide bonds. The molecule has 0 aliphatic heterocycles. The summed E-state index contributed by atoms with van der Waals surface area (Å²) in [6.07, 6.45) is -2.50. The van der Waals surface area contributed by atoms with Gasteiger partial charge in [0.1, 0.15) is 12.0 Å². The van der Waals surface area contributed by atoms with Gasteiger partial charge in [-0.3, -0.25) is 4.79 Å². The van der Waals surface area contributed by atoms with Crippen molar-refractivity contribution in [3.8, 4) is 0 Å². The van der Waals surface area contributed by atoms with Gasteiger partial charge in [-0.25, -0.2) is 0 Å². The second-order valence-corrected chi connectivity index (χ2v) is 4.00. The number of Topliss-reactive ketones (excluding diaryl/α,β-unsaturated/α-hetero) is 1. The van der Waals surface area contributed by atoms with Crippen LogP contribution >= 0.6 is 0 Å². The van der Waals surface area contributed by atoms with Crippen LogP contribution in [0.4, 0.5) is 13.2 Å². The number of carbonyl (C=O) groups excluding carboxylic acids is 1. The third kappa shape index (κ3) is 3.43. The third-order valence-corrected chi connectivity index (χ3v) is 2.65. The van der Waals surface area contributed by atoms with E-state index in [2.05, 4.69) is 9.68 Å². The van der Waals surface area contributed by atoms with Crippen molar-refractivity contribution in [1.29, 1.82) is 0 Å². The SMILES string of the molecule is O=C(CCc1ccc(C(F)(F)F)cc1)c1ccon1. The molecule has 0 fully saturated rings. The second-order valence-electron chi connectivity index (χ2n) is 4.00. The lowest BCUT2D eigenvalue weighted by Crippen LogP contribution is -2.05. The highest BCUT2D eigenvalue weighted by atomic mass is 19.4. The fourth-order valence-corrected chi connectivity index (χ4v) is 1.60. The first-order chi connectivity index (χ1) is 8.97. The number of hydrogen-bond donors (Lipinski definition) is 0. The molecule has 0 spiro atoms. The number of alkyl halides is 3. The average molecular weight is 269 g/mol. The van der Waals surface area contributed by atoms with E-state index in [0.717, 1.165) is 12.1 Å². The first-order valence-corrected chi connectivity index (χ1v) is 5.56. The highest BCUT2D eigenvalue weighted by molar-refractivity contribution is 5.94. The number of carbonyl (C=O) groups is 1. The summed E-state index contributed by atoms with van der Waals surface area (Å²) in [6.45, 7) is 0. The van der Waals surface area contributed by atoms with E-state index in [0.29, 0.717) is 12.0 Å². The van der Waals surface area contributed by atoms with Crippen LogP contribution in [0.25, 0.3) is 0 Å². The summed E-state index contributed by atoms with van der Waals surface area (Å²) in [6, 6.07) is 6.22. The van der Waals surface area contributed by atoms with Crippen LogP contribution in [0, 0.1) is 0 Å². The molecular formula is C13H10F3NO2. The van der Waals surface area contributed by atoms with E-state index < -0.39 is 11.7 Å². The first-order valence-electron chi connectivity index (χ1n) is 5.56. The molecule has 1 aromatic heterocycles. The maximum atomic E-state index is 12.3. The van der Waals surface area contributed by atoms with Crippen molar-refractivity contribution in [2.75, 3.05) is 0 Å². The average Bonchev–Trinajstić information content (AvgIpc) is 2.89. The fraction of sp³-hybridized carbons (Fsp3) is 0.231. The summed E-state index contributed by atoms with van der Waals surface area (Å²) in [5, 5.41) is 3.50. The van der Waals surface area contributed by atoms with Gasteiger partial charge in [-0.15, -0.1) is 0 Å². The van der Waals surface area contributed by atoms with Crippen LogP contribution in [-0.4, -0.2) is 10.9 Å². The van der Waals surface area contributed by atoms with E-state index in [1.807, 2.05) is 0 Å². The van der Waals surface area contributed by atoms with Crippen molar-refractivity contribution in [3.05, 3.63) is 53.4 Å². The number of halogens is 3. The molecule has 0 unspecified atom stereocenters. The molecule has 3 nitrogen and oxygen atoms in total. The van der Waals surface area contributed by atoms with Gasteiger partial charge in [0, 0.05) is 12.5 Å². The van der Waals surface area contributed by atoms with Gasteiger partial charge < -0.3 is 4.52 Å². The monoisotopic (exact) mass is 269 g/mol. The molecule has 1 heterocycles. The van der Waals surface area contributed by atoms with Crippen molar-refractivity contribution in [2.24, 2.45) is 0 Å². The second kappa shape index (κ2) is 5.26. The van der Waals surface area contributed by atoms with E-state index >= 15 is 0 Å². The Morgan fingerprint density at radius 2 is 1.84 bits per heavy atom. The smallest absolute Gasteiger partial charge is 0.364 e. The van der Waals surface area contributed by atoms with Gasteiger partial charge in [0.15, 0.2) is 5.78 Å². The normalized spacial score (nSPS) is 11.5. The molecule has 0 saturated carbocycles. The van der Waals surface area contributed by atoms with E-state index in [1.54, 1.807) is 0 Å². The van der Waals surface area contributed by atoms with Crippen molar-refractivity contribution < 1.29 is 22.5 Å². The molecule has 0 aliphatic rings. The zero-order chi connectivity index (χ0) is 13.9. The minimum Gasteiger partial charge on any atom is -0.364 e. The maximum absolute atomic E-state index is 12.3. The lowest BCUT2D eigenvalue weighted by atomic mass is 10.0. The molecule has 6 heteroatoms. The summed E-state index contributed by atoms with van der Waals surface area (Å²) in [7, 11) is 0. The van der Waals surface area contributed by atoms with Gasteiger partial charge in [0.05, 0.1) is 5.56 Å². The number of aryl methyl sites for hydroxylation is 1. The van der Waals surface area contributed by atoms with E-state index in [1.165, 1.54) is 24.5 Å². The van der Waals surface area contributed by atoms with Crippen molar-refractivity contribution in [3.63, 3.8) is 0 Å².